The molecule has 0 amide bonds. The molecule has 4 rings (SSSR count). The largest absolute Gasteiger partial charge is 0.466 e. The van der Waals surface area contributed by atoms with Crippen LogP contribution >= 0.6 is 0 Å². The van der Waals surface area contributed by atoms with E-state index in [4.69, 9.17) is 18.9 Å². The summed E-state index contributed by atoms with van der Waals surface area (Å²) in [4.78, 5) is 25.5. The Labute approximate surface area is 207 Å². The highest BCUT2D eigenvalue weighted by Crippen LogP contribution is 2.41. The average molecular weight is 481 g/mol. The molecule has 3 atom stereocenters. The maximum Gasteiger partial charge on any atom is 0.338 e. The number of hydrogen-bond donors (Lipinski definition) is 0. The summed E-state index contributed by atoms with van der Waals surface area (Å²) in [5.74, 6) is -0.389. The van der Waals surface area contributed by atoms with Gasteiger partial charge in [-0.25, -0.2) is 4.79 Å². The van der Waals surface area contributed by atoms with Gasteiger partial charge in [0.15, 0.2) is 6.29 Å². The van der Waals surface area contributed by atoms with E-state index in [1.807, 2.05) is 43.3 Å². The summed E-state index contributed by atoms with van der Waals surface area (Å²) in [6.07, 6.45) is 4.69. The highest BCUT2D eigenvalue weighted by Gasteiger charge is 2.35. The van der Waals surface area contributed by atoms with Crippen molar-refractivity contribution >= 4 is 11.9 Å². The molecule has 1 aliphatic carbocycles. The van der Waals surface area contributed by atoms with Crippen molar-refractivity contribution in [2.75, 3.05) is 26.4 Å². The van der Waals surface area contributed by atoms with Crippen molar-refractivity contribution < 1.29 is 28.5 Å². The van der Waals surface area contributed by atoms with E-state index in [0.717, 1.165) is 49.7 Å². The molecule has 1 heterocycles. The Balaban J connectivity index is 1.50. The lowest BCUT2D eigenvalue weighted by Crippen LogP contribution is -2.29. The van der Waals surface area contributed by atoms with Gasteiger partial charge >= 0.3 is 11.9 Å². The Morgan fingerprint density at radius 2 is 1.54 bits per heavy atom. The van der Waals surface area contributed by atoms with Crippen LogP contribution < -0.4 is 0 Å². The molecule has 2 aliphatic rings. The first-order chi connectivity index (χ1) is 17.2. The van der Waals surface area contributed by atoms with Gasteiger partial charge in [-0.05, 0) is 68.6 Å². The molecule has 2 aromatic rings. The molecule has 0 N–H and O–H groups in total. The van der Waals surface area contributed by atoms with Crippen molar-refractivity contribution in [3.05, 3.63) is 71.3 Å². The Hall–Kier alpha value is -2.70. The van der Waals surface area contributed by atoms with Gasteiger partial charge in [-0.3, -0.25) is 4.79 Å². The summed E-state index contributed by atoms with van der Waals surface area (Å²) in [7, 11) is 0. The molecule has 188 valence electrons. The lowest BCUT2D eigenvalue weighted by molar-refractivity contribution is -0.183. The SMILES string of the molecule is CCOC(=O)C1CCCC(COC(=O)c2ccccc2)CCC1c1ccccc1C1OCCCO1. The van der Waals surface area contributed by atoms with Crippen molar-refractivity contribution in [3.8, 4) is 0 Å². The number of carbonyl (C=O) groups is 2. The molecule has 1 saturated heterocycles. The van der Waals surface area contributed by atoms with E-state index in [1.54, 1.807) is 12.1 Å². The van der Waals surface area contributed by atoms with Crippen LogP contribution in [0.15, 0.2) is 54.6 Å². The van der Waals surface area contributed by atoms with Crippen molar-refractivity contribution in [2.24, 2.45) is 11.8 Å². The molecule has 2 fully saturated rings. The minimum absolute atomic E-state index is 0.00741. The van der Waals surface area contributed by atoms with Gasteiger partial charge in [-0.2, -0.15) is 0 Å². The smallest absolute Gasteiger partial charge is 0.338 e. The van der Waals surface area contributed by atoms with Gasteiger partial charge in [0.1, 0.15) is 0 Å². The quantitative estimate of drug-likeness (QED) is 0.465. The first-order valence-corrected chi connectivity index (χ1v) is 12.9. The van der Waals surface area contributed by atoms with E-state index in [-0.39, 0.29) is 29.7 Å². The summed E-state index contributed by atoms with van der Waals surface area (Å²) in [6, 6.07) is 17.3. The zero-order valence-electron chi connectivity index (χ0n) is 20.5. The van der Waals surface area contributed by atoms with Crippen molar-refractivity contribution in [3.63, 3.8) is 0 Å². The first-order valence-electron chi connectivity index (χ1n) is 12.9. The van der Waals surface area contributed by atoms with Crippen LogP contribution in [0.2, 0.25) is 0 Å². The van der Waals surface area contributed by atoms with Gasteiger partial charge in [-0.1, -0.05) is 48.9 Å². The fourth-order valence-electron chi connectivity index (χ4n) is 5.24. The molecular weight excluding hydrogens is 444 g/mol. The summed E-state index contributed by atoms with van der Waals surface area (Å²) in [5, 5.41) is 0. The number of benzene rings is 2. The summed E-state index contributed by atoms with van der Waals surface area (Å²) < 4.78 is 23.0. The van der Waals surface area contributed by atoms with Gasteiger partial charge in [-0.15, -0.1) is 0 Å². The van der Waals surface area contributed by atoms with Gasteiger partial charge in [0.25, 0.3) is 0 Å². The maximum atomic E-state index is 13.0. The molecule has 1 saturated carbocycles. The third-order valence-corrected chi connectivity index (χ3v) is 7.02. The Kier molecular flexibility index (Phi) is 9.32. The highest BCUT2D eigenvalue weighted by atomic mass is 16.7. The minimum Gasteiger partial charge on any atom is -0.466 e. The van der Waals surface area contributed by atoms with E-state index >= 15 is 0 Å². The van der Waals surface area contributed by atoms with E-state index < -0.39 is 6.29 Å². The lowest BCUT2D eigenvalue weighted by atomic mass is 9.74. The molecule has 3 unspecified atom stereocenters. The van der Waals surface area contributed by atoms with Crippen molar-refractivity contribution in [1.29, 1.82) is 0 Å². The molecule has 35 heavy (non-hydrogen) atoms. The van der Waals surface area contributed by atoms with E-state index in [9.17, 15) is 9.59 Å². The second kappa shape index (κ2) is 12.8. The predicted molar refractivity (Wildman–Crippen MR) is 132 cm³/mol. The number of esters is 2. The molecule has 0 radical (unpaired) electrons. The molecule has 1 aliphatic heterocycles. The molecule has 2 aromatic carbocycles. The summed E-state index contributed by atoms with van der Waals surface area (Å²) in [5.41, 5.74) is 2.67. The van der Waals surface area contributed by atoms with E-state index in [1.165, 1.54) is 0 Å². The summed E-state index contributed by atoms with van der Waals surface area (Å²) >= 11 is 0. The van der Waals surface area contributed by atoms with Crippen LogP contribution in [0.3, 0.4) is 0 Å². The van der Waals surface area contributed by atoms with Crippen LogP contribution in [-0.4, -0.2) is 38.4 Å². The predicted octanol–water partition coefficient (Wildman–Crippen LogP) is 5.82. The van der Waals surface area contributed by atoms with Crippen LogP contribution in [0.25, 0.3) is 0 Å². The molecule has 0 spiro atoms. The number of rotatable bonds is 7. The number of hydrogen-bond acceptors (Lipinski definition) is 6. The fourth-order valence-corrected chi connectivity index (χ4v) is 5.24. The normalized spacial score (nSPS) is 23.6. The molecule has 0 aromatic heterocycles. The third-order valence-electron chi connectivity index (χ3n) is 7.02. The Bertz CT molecular complexity index is 953. The molecular formula is C29H36O6. The zero-order chi connectivity index (χ0) is 24.5. The minimum atomic E-state index is -0.407. The van der Waals surface area contributed by atoms with Crippen LogP contribution in [-0.2, 0) is 23.7 Å². The van der Waals surface area contributed by atoms with E-state index in [2.05, 4.69) is 6.07 Å². The average Bonchev–Trinajstić information content (AvgIpc) is 2.89. The van der Waals surface area contributed by atoms with E-state index in [0.29, 0.717) is 32.0 Å². The first kappa shape index (κ1) is 25.4. The van der Waals surface area contributed by atoms with Crippen LogP contribution in [0.4, 0.5) is 0 Å². The van der Waals surface area contributed by atoms with Gasteiger partial charge in [0, 0.05) is 5.56 Å². The number of carbonyl (C=O) groups excluding carboxylic acids is 2. The second-order valence-corrected chi connectivity index (χ2v) is 9.36. The third kappa shape index (κ3) is 6.71. The molecule has 6 nitrogen and oxygen atoms in total. The van der Waals surface area contributed by atoms with Crippen molar-refractivity contribution in [2.45, 2.75) is 57.7 Å². The van der Waals surface area contributed by atoms with Crippen LogP contribution in [0.5, 0.6) is 0 Å². The summed E-state index contributed by atoms with van der Waals surface area (Å²) in [6.45, 7) is 3.95. The van der Waals surface area contributed by atoms with Gasteiger partial charge in [0.05, 0.1) is 37.9 Å². The number of ether oxygens (including phenoxy) is 4. The van der Waals surface area contributed by atoms with Crippen LogP contribution in [0.1, 0.15) is 79.1 Å². The lowest BCUT2D eigenvalue weighted by Gasteiger charge is -2.33. The second-order valence-electron chi connectivity index (χ2n) is 9.36. The highest BCUT2D eigenvalue weighted by molar-refractivity contribution is 5.89. The fraction of sp³-hybridized carbons (Fsp3) is 0.517. The standard InChI is InChI=1S/C29H36O6/c1-2-32-28(31)25-15-8-10-21(20-35-27(30)22-11-4-3-5-12-22)16-17-24(25)23-13-6-7-14-26(23)29-33-18-9-19-34-29/h3-7,11-14,21,24-25,29H,2,8-10,15-20H2,1H3. The molecule has 6 heteroatoms. The maximum absolute atomic E-state index is 13.0. The Morgan fingerprint density at radius 3 is 2.29 bits per heavy atom. The monoisotopic (exact) mass is 480 g/mol. The Morgan fingerprint density at radius 1 is 0.829 bits per heavy atom. The van der Waals surface area contributed by atoms with Crippen molar-refractivity contribution in [1.82, 2.24) is 0 Å². The topological polar surface area (TPSA) is 71.1 Å². The molecule has 0 bridgehead atoms. The van der Waals surface area contributed by atoms with Gasteiger partial charge in [0.2, 0.25) is 0 Å². The zero-order valence-corrected chi connectivity index (χ0v) is 20.5. The van der Waals surface area contributed by atoms with Gasteiger partial charge < -0.3 is 18.9 Å². The van der Waals surface area contributed by atoms with Crippen LogP contribution in [0, 0.1) is 11.8 Å².